The van der Waals surface area contributed by atoms with Gasteiger partial charge in [-0.25, -0.2) is 9.97 Å². The monoisotopic (exact) mass is 300 g/mol. The first-order chi connectivity index (χ1) is 10.8. The predicted molar refractivity (Wildman–Crippen MR) is 84.5 cm³/mol. The summed E-state index contributed by atoms with van der Waals surface area (Å²) in [4.78, 5) is 25.7. The van der Waals surface area contributed by atoms with E-state index >= 15 is 0 Å². The van der Waals surface area contributed by atoms with Crippen molar-refractivity contribution in [3.05, 3.63) is 18.5 Å². The van der Waals surface area contributed by atoms with Crippen molar-refractivity contribution in [1.82, 2.24) is 14.9 Å². The van der Waals surface area contributed by atoms with Gasteiger partial charge in [-0.15, -0.1) is 0 Å². The maximum Gasteiger partial charge on any atom is 0.225 e. The Morgan fingerprint density at radius 2 is 1.95 bits per heavy atom. The minimum atomic E-state index is 0.114. The summed E-state index contributed by atoms with van der Waals surface area (Å²) in [6.07, 6.45) is 11.3. The van der Waals surface area contributed by atoms with E-state index in [1.807, 2.05) is 18.5 Å². The highest BCUT2D eigenvalue weighted by Crippen LogP contribution is 2.42. The molecule has 2 saturated heterocycles. The summed E-state index contributed by atoms with van der Waals surface area (Å²) < 4.78 is 0. The van der Waals surface area contributed by atoms with E-state index in [4.69, 9.17) is 0 Å². The molecule has 22 heavy (non-hydrogen) atoms. The summed E-state index contributed by atoms with van der Waals surface area (Å²) in [5, 5.41) is 0. The van der Waals surface area contributed by atoms with Gasteiger partial charge in [-0.3, -0.25) is 4.79 Å². The first-order valence-electron chi connectivity index (χ1n) is 8.59. The molecule has 118 valence electrons. The van der Waals surface area contributed by atoms with Crippen LogP contribution in [0.2, 0.25) is 0 Å². The number of carbonyl (C=O) groups excluding carboxylic acids is 1. The van der Waals surface area contributed by atoms with E-state index < -0.39 is 0 Å². The number of amides is 1. The van der Waals surface area contributed by atoms with Gasteiger partial charge in [0.2, 0.25) is 11.9 Å². The molecular weight excluding hydrogens is 276 g/mol. The molecule has 0 aromatic carbocycles. The molecule has 0 bridgehead atoms. The Balaban J connectivity index is 1.50. The zero-order valence-electron chi connectivity index (χ0n) is 13.1. The first-order valence-corrected chi connectivity index (χ1v) is 8.59. The molecule has 3 fully saturated rings. The highest BCUT2D eigenvalue weighted by Gasteiger charge is 2.47. The molecule has 1 atom stereocenters. The molecule has 0 N–H and O–H groups in total. The van der Waals surface area contributed by atoms with Crippen molar-refractivity contribution < 1.29 is 4.79 Å². The molecule has 4 rings (SSSR count). The molecule has 1 spiro atoms. The molecule has 1 aromatic rings. The fourth-order valence-corrected chi connectivity index (χ4v) is 4.08. The zero-order valence-corrected chi connectivity index (χ0v) is 13.1. The maximum atomic E-state index is 12.4. The number of anilines is 1. The van der Waals surface area contributed by atoms with E-state index in [2.05, 4.69) is 19.8 Å². The lowest BCUT2D eigenvalue weighted by Crippen LogP contribution is -2.47. The highest BCUT2D eigenvalue weighted by atomic mass is 16.2. The minimum Gasteiger partial charge on any atom is -0.341 e. The molecule has 3 heterocycles. The Morgan fingerprint density at radius 3 is 2.73 bits per heavy atom. The smallest absolute Gasteiger partial charge is 0.225 e. The average molecular weight is 300 g/mol. The van der Waals surface area contributed by atoms with Gasteiger partial charge in [-0.1, -0.05) is 0 Å². The van der Waals surface area contributed by atoms with Gasteiger partial charge in [-0.05, 0) is 50.5 Å². The van der Waals surface area contributed by atoms with Crippen LogP contribution in [0.25, 0.3) is 0 Å². The Kier molecular flexibility index (Phi) is 3.51. The molecule has 1 aromatic heterocycles. The van der Waals surface area contributed by atoms with Crippen LogP contribution in [0.5, 0.6) is 0 Å². The van der Waals surface area contributed by atoms with Crippen molar-refractivity contribution in [3.8, 4) is 0 Å². The number of nitrogens with zero attached hydrogens (tertiary/aromatic N) is 4. The second kappa shape index (κ2) is 5.52. The van der Waals surface area contributed by atoms with E-state index in [1.54, 1.807) is 0 Å². The Labute approximate surface area is 131 Å². The van der Waals surface area contributed by atoms with E-state index in [1.165, 1.54) is 12.8 Å². The van der Waals surface area contributed by atoms with Gasteiger partial charge in [0.1, 0.15) is 0 Å². The van der Waals surface area contributed by atoms with Crippen LogP contribution in [0.1, 0.15) is 44.9 Å². The van der Waals surface area contributed by atoms with Crippen LogP contribution >= 0.6 is 0 Å². The molecule has 5 nitrogen and oxygen atoms in total. The summed E-state index contributed by atoms with van der Waals surface area (Å²) in [5.41, 5.74) is 0.114. The van der Waals surface area contributed by atoms with E-state index in [-0.39, 0.29) is 5.54 Å². The SMILES string of the molecule is O=C1CC[C@]2(CCCN(c3ncccn3)CC2)N1CC1CC1. The van der Waals surface area contributed by atoms with Crippen LogP contribution in [-0.2, 0) is 4.79 Å². The standard InChI is InChI=1S/C17H24N4O/c22-15-5-7-17(21(15)13-14-3-4-14)6-1-11-20(12-8-17)16-18-9-2-10-19-16/h2,9-10,14H,1,3-8,11-13H2/t17-/m0/s1. The van der Waals surface area contributed by atoms with Gasteiger partial charge in [0.25, 0.3) is 0 Å². The fourth-order valence-electron chi connectivity index (χ4n) is 4.08. The maximum absolute atomic E-state index is 12.4. The highest BCUT2D eigenvalue weighted by molar-refractivity contribution is 5.79. The van der Waals surface area contributed by atoms with Crippen LogP contribution in [0.15, 0.2) is 18.5 Å². The third kappa shape index (κ3) is 2.57. The van der Waals surface area contributed by atoms with E-state index in [0.29, 0.717) is 5.91 Å². The Hall–Kier alpha value is -1.65. The van der Waals surface area contributed by atoms with E-state index in [9.17, 15) is 4.79 Å². The summed E-state index contributed by atoms with van der Waals surface area (Å²) in [7, 11) is 0. The summed E-state index contributed by atoms with van der Waals surface area (Å²) in [6.45, 7) is 2.95. The van der Waals surface area contributed by atoms with Crippen LogP contribution in [-0.4, -0.2) is 45.9 Å². The van der Waals surface area contributed by atoms with Gasteiger partial charge in [0.05, 0.1) is 0 Å². The Bertz CT molecular complexity index is 545. The molecule has 2 aliphatic heterocycles. The largest absolute Gasteiger partial charge is 0.341 e. The normalized spacial score (nSPS) is 29.2. The van der Waals surface area contributed by atoms with Gasteiger partial charge in [-0.2, -0.15) is 0 Å². The number of rotatable bonds is 3. The van der Waals surface area contributed by atoms with Crippen molar-refractivity contribution in [2.75, 3.05) is 24.5 Å². The lowest BCUT2D eigenvalue weighted by Gasteiger charge is -2.38. The number of hydrogen-bond donors (Lipinski definition) is 0. The lowest BCUT2D eigenvalue weighted by atomic mass is 9.87. The van der Waals surface area contributed by atoms with Crippen molar-refractivity contribution in [2.24, 2.45) is 5.92 Å². The topological polar surface area (TPSA) is 49.3 Å². The fraction of sp³-hybridized carbons (Fsp3) is 0.706. The van der Waals surface area contributed by atoms with Gasteiger partial charge < -0.3 is 9.80 Å². The van der Waals surface area contributed by atoms with Gasteiger partial charge >= 0.3 is 0 Å². The van der Waals surface area contributed by atoms with Crippen molar-refractivity contribution in [1.29, 1.82) is 0 Å². The second-order valence-corrected chi connectivity index (χ2v) is 7.06. The molecule has 1 amide bonds. The van der Waals surface area contributed by atoms with E-state index in [0.717, 1.165) is 63.6 Å². The molecule has 1 aliphatic carbocycles. The second-order valence-electron chi connectivity index (χ2n) is 7.06. The molecule has 0 radical (unpaired) electrons. The lowest BCUT2D eigenvalue weighted by molar-refractivity contribution is -0.131. The number of hydrogen-bond acceptors (Lipinski definition) is 4. The quantitative estimate of drug-likeness (QED) is 0.859. The van der Waals surface area contributed by atoms with Crippen LogP contribution < -0.4 is 4.90 Å². The number of aromatic nitrogens is 2. The molecule has 0 unspecified atom stereocenters. The van der Waals surface area contributed by atoms with Gasteiger partial charge in [0, 0.05) is 44.0 Å². The number of likely N-dealkylation sites (tertiary alicyclic amines) is 1. The molecule has 3 aliphatic rings. The summed E-state index contributed by atoms with van der Waals surface area (Å²) in [5.74, 6) is 1.99. The Morgan fingerprint density at radius 1 is 1.14 bits per heavy atom. The molecule has 5 heteroatoms. The van der Waals surface area contributed by atoms with Crippen molar-refractivity contribution >= 4 is 11.9 Å². The summed E-state index contributed by atoms with van der Waals surface area (Å²) >= 11 is 0. The molecule has 1 saturated carbocycles. The number of carbonyl (C=O) groups is 1. The van der Waals surface area contributed by atoms with Crippen molar-refractivity contribution in [2.45, 2.75) is 50.5 Å². The molecular formula is C17H24N4O. The zero-order chi connectivity index (χ0) is 15.0. The van der Waals surface area contributed by atoms with Crippen LogP contribution in [0.4, 0.5) is 5.95 Å². The summed E-state index contributed by atoms with van der Waals surface area (Å²) in [6, 6.07) is 1.86. The van der Waals surface area contributed by atoms with Crippen molar-refractivity contribution in [3.63, 3.8) is 0 Å². The average Bonchev–Trinajstić information content (AvgIpc) is 3.34. The van der Waals surface area contributed by atoms with Crippen LogP contribution in [0.3, 0.4) is 0 Å². The van der Waals surface area contributed by atoms with Gasteiger partial charge in [0.15, 0.2) is 0 Å². The third-order valence-electron chi connectivity index (χ3n) is 5.57. The minimum absolute atomic E-state index is 0.114. The van der Waals surface area contributed by atoms with Crippen LogP contribution in [0, 0.1) is 5.92 Å². The first kappa shape index (κ1) is 14.0. The predicted octanol–water partition coefficient (Wildman–Crippen LogP) is 2.24. The third-order valence-corrected chi connectivity index (χ3v) is 5.57.